The lowest BCUT2D eigenvalue weighted by Gasteiger charge is -2.17. The fraction of sp³-hybridized carbons (Fsp3) is 0.300. The standard InChI is InChI=1S/C20H23BrClN3O2/c1-14-11-16(21)7-8-18(14)24-20(27)13-25(2)10-9-19(26)23-12-15-5-3-4-6-17(15)22/h3-8,11H,9-10,12-13H2,1-2H3,(H,23,26)(H,24,27). The van der Waals surface area contributed by atoms with Crippen LogP contribution in [0, 0.1) is 6.92 Å². The van der Waals surface area contributed by atoms with Gasteiger partial charge < -0.3 is 10.6 Å². The Morgan fingerprint density at radius 3 is 2.59 bits per heavy atom. The number of carbonyl (C=O) groups excluding carboxylic acids is 2. The van der Waals surface area contributed by atoms with Gasteiger partial charge in [-0.3, -0.25) is 14.5 Å². The molecule has 0 aromatic heterocycles. The van der Waals surface area contributed by atoms with E-state index in [1.54, 1.807) is 6.07 Å². The first-order chi connectivity index (χ1) is 12.8. The third-order valence-electron chi connectivity index (χ3n) is 4.03. The summed E-state index contributed by atoms with van der Waals surface area (Å²) in [4.78, 5) is 26.0. The van der Waals surface area contributed by atoms with Gasteiger partial charge in [0.15, 0.2) is 0 Å². The van der Waals surface area contributed by atoms with Crippen LogP contribution in [-0.2, 0) is 16.1 Å². The Morgan fingerprint density at radius 1 is 1.15 bits per heavy atom. The number of nitrogens with one attached hydrogen (secondary N) is 2. The summed E-state index contributed by atoms with van der Waals surface area (Å²) in [5, 5.41) is 6.37. The summed E-state index contributed by atoms with van der Waals surface area (Å²) in [5.41, 5.74) is 2.65. The number of aryl methyl sites for hydroxylation is 1. The molecule has 2 amide bonds. The average molecular weight is 453 g/mol. The average Bonchev–Trinajstić information content (AvgIpc) is 2.61. The second-order valence-electron chi connectivity index (χ2n) is 6.36. The van der Waals surface area contributed by atoms with Gasteiger partial charge in [-0.05, 0) is 49.4 Å². The predicted molar refractivity (Wildman–Crippen MR) is 113 cm³/mol. The highest BCUT2D eigenvalue weighted by Crippen LogP contribution is 2.20. The van der Waals surface area contributed by atoms with Gasteiger partial charge in [0.05, 0.1) is 6.54 Å². The smallest absolute Gasteiger partial charge is 0.238 e. The lowest BCUT2D eigenvalue weighted by molar-refractivity contribution is -0.122. The van der Waals surface area contributed by atoms with Crippen LogP contribution in [0.5, 0.6) is 0 Å². The largest absolute Gasteiger partial charge is 0.352 e. The van der Waals surface area contributed by atoms with Crippen LogP contribution in [0.3, 0.4) is 0 Å². The maximum atomic E-state index is 12.2. The lowest BCUT2D eigenvalue weighted by Crippen LogP contribution is -2.34. The number of nitrogens with zero attached hydrogens (tertiary/aromatic N) is 1. The second-order valence-corrected chi connectivity index (χ2v) is 7.69. The van der Waals surface area contributed by atoms with E-state index in [-0.39, 0.29) is 18.4 Å². The fourth-order valence-electron chi connectivity index (χ4n) is 2.50. The molecule has 0 atom stereocenters. The molecule has 2 aromatic carbocycles. The predicted octanol–water partition coefficient (Wildman–Crippen LogP) is 3.99. The van der Waals surface area contributed by atoms with Crippen LogP contribution in [0.15, 0.2) is 46.9 Å². The molecule has 0 saturated heterocycles. The van der Waals surface area contributed by atoms with Gasteiger partial charge in [0.1, 0.15) is 0 Å². The lowest BCUT2D eigenvalue weighted by atomic mass is 10.2. The Labute approximate surface area is 173 Å². The molecule has 2 rings (SSSR count). The molecule has 27 heavy (non-hydrogen) atoms. The van der Waals surface area contributed by atoms with Gasteiger partial charge in [-0.1, -0.05) is 45.7 Å². The summed E-state index contributed by atoms with van der Waals surface area (Å²) in [5.74, 6) is -0.190. The van der Waals surface area contributed by atoms with Crippen LogP contribution in [0.4, 0.5) is 5.69 Å². The van der Waals surface area contributed by atoms with Crippen LogP contribution >= 0.6 is 27.5 Å². The van der Waals surface area contributed by atoms with E-state index in [9.17, 15) is 9.59 Å². The number of amides is 2. The van der Waals surface area contributed by atoms with E-state index in [1.807, 2.05) is 55.3 Å². The Hall–Kier alpha value is -1.89. The number of rotatable bonds is 8. The molecular formula is C20H23BrClN3O2. The summed E-state index contributed by atoms with van der Waals surface area (Å²) < 4.78 is 0.970. The summed E-state index contributed by atoms with van der Waals surface area (Å²) in [6.45, 7) is 3.04. The number of anilines is 1. The molecule has 0 aliphatic rings. The summed E-state index contributed by atoms with van der Waals surface area (Å²) in [6.07, 6.45) is 0.311. The van der Waals surface area contributed by atoms with E-state index in [2.05, 4.69) is 26.6 Å². The summed E-state index contributed by atoms with van der Waals surface area (Å²) in [7, 11) is 1.81. The molecule has 0 aliphatic carbocycles. The molecule has 0 spiro atoms. The highest BCUT2D eigenvalue weighted by atomic mass is 79.9. The van der Waals surface area contributed by atoms with Gasteiger partial charge in [-0.25, -0.2) is 0 Å². The third kappa shape index (κ3) is 7.33. The first kappa shape index (κ1) is 21.4. The second kappa shape index (κ2) is 10.4. The number of benzene rings is 2. The van der Waals surface area contributed by atoms with Gasteiger partial charge in [-0.15, -0.1) is 0 Å². The van der Waals surface area contributed by atoms with Gasteiger partial charge in [0.25, 0.3) is 0 Å². The van der Waals surface area contributed by atoms with E-state index in [4.69, 9.17) is 11.6 Å². The van der Waals surface area contributed by atoms with Gasteiger partial charge in [0.2, 0.25) is 11.8 Å². The first-order valence-electron chi connectivity index (χ1n) is 8.60. The molecule has 2 aromatic rings. The minimum Gasteiger partial charge on any atom is -0.352 e. The van der Waals surface area contributed by atoms with Gasteiger partial charge >= 0.3 is 0 Å². The van der Waals surface area contributed by atoms with E-state index < -0.39 is 0 Å². The Balaban J connectivity index is 1.71. The fourth-order valence-corrected chi connectivity index (χ4v) is 3.18. The summed E-state index contributed by atoms with van der Waals surface area (Å²) in [6, 6.07) is 13.1. The molecule has 0 heterocycles. The maximum Gasteiger partial charge on any atom is 0.238 e. The molecule has 0 unspecified atom stereocenters. The van der Waals surface area contributed by atoms with E-state index in [0.717, 1.165) is 21.3 Å². The van der Waals surface area contributed by atoms with Crippen LogP contribution in [0.1, 0.15) is 17.5 Å². The molecule has 0 aliphatic heterocycles. The van der Waals surface area contributed by atoms with E-state index >= 15 is 0 Å². The van der Waals surface area contributed by atoms with Crippen molar-refractivity contribution in [3.8, 4) is 0 Å². The number of carbonyl (C=O) groups is 2. The van der Waals surface area contributed by atoms with Crippen molar-refractivity contribution in [2.75, 3.05) is 25.5 Å². The minimum absolute atomic E-state index is 0.0778. The topological polar surface area (TPSA) is 61.4 Å². The van der Waals surface area contributed by atoms with Crippen molar-refractivity contribution in [2.24, 2.45) is 0 Å². The molecule has 0 bridgehead atoms. The molecule has 144 valence electrons. The molecular weight excluding hydrogens is 430 g/mol. The highest BCUT2D eigenvalue weighted by molar-refractivity contribution is 9.10. The number of hydrogen-bond donors (Lipinski definition) is 2. The van der Waals surface area contributed by atoms with Crippen LogP contribution in [0.2, 0.25) is 5.02 Å². The molecule has 0 saturated carbocycles. The zero-order valence-electron chi connectivity index (χ0n) is 15.4. The number of halogens is 2. The highest BCUT2D eigenvalue weighted by Gasteiger charge is 2.10. The minimum atomic E-state index is -0.112. The SMILES string of the molecule is Cc1cc(Br)ccc1NC(=O)CN(C)CCC(=O)NCc1ccccc1Cl. The Bertz CT molecular complexity index is 814. The van der Waals surface area contributed by atoms with Crippen LogP contribution < -0.4 is 10.6 Å². The van der Waals surface area contributed by atoms with Gasteiger partial charge in [0, 0.05) is 34.7 Å². The van der Waals surface area contributed by atoms with Gasteiger partial charge in [-0.2, -0.15) is 0 Å². The van der Waals surface area contributed by atoms with Crippen molar-refractivity contribution < 1.29 is 9.59 Å². The molecule has 7 heteroatoms. The van der Waals surface area contributed by atoms with Crippen molar-refractivity contribution in [1.29, 1.82) is 0 Å². The summed E-state index contributed by atoms with van der Waals surface area (Å²) >= 11 is 9.47. The van der Waals surface area contributed by atoms with Crippen LogP contribution in [0.25, 0.3) is 0 Å². The van der Waals surface area contributed by atoms with Crippen molar-refractivity contribution in [2.45, 2.75) is 19.9 Å². The quantitative estimate of drug-likeness (QED) is 0.637. The zero-order valence-corrected chi connectivity index (χ0v) is 17.7. The Morgan fingerprint density at radius 2 is 1.89 bits per heavy atom. The number of hydrogen-bond acceptors (Lipinski definition) is 3. The van der Waals surface area contributed by atoms with Crippen LogP contribution in [-0.4, -0.2) is 36.9 Å². The first-order valence-corrected chi connectivity index (χ1v) is 9.77. The number of likely N-dealkylation sites (N-methyl/N-ethyl adjacent to an activating group) is 1. The maximum absolute atomic E-state index is 12.2. The van der Waals surface area contributed by atoms with E-state index in [0.29, 0.717) is 24.5 Å². The zero-order chi connectivity index (χ0) is 19.8. The van der Waals surface area contributed by atoms with Crippen molar-refractivity contribution in [3.63, 3.8) is 0 Å². The molecule has 0 fully saturated rings. The van der Waals surface area contributed by atoms with Crippen molar-refractivity contribution in [3.05, 3.63) is 63.1 Å². The van der Waals surface area contributed by atoms with Crippen molar-refractivity contribution >= 4 is 45.0 Å². The molecule has 2 N–H and O–H groups in total. The third-order valence-corrected chi connectivity index (χ3v) is 4.89. The van der Waals surface area contributed by atoms with Crippen molar-refractivity contribution in [1.82, 2.24) is 10.2 Å². The normalized spacial score (nSPS) is 10.7. The van der Waals surface area contributed by atoms with E-state index in [1.165, 1.54) is 0 Å². The monoisotopic (exact) mass is 451 g/mol. The Kier molecular flexibility index (Phi) is 8.28. The molecule has 5 nitrogen and oxygen atoms in total. The molecule has 0 radical (unpaired) electrons.